The van der Waals surface area contributed by atoms with Gasteiger partial charge in [-0.05, 0) is 55.3 Å². The zero-order valence-electron chi connectivity index (χ0n) is 14.6. The van der Waals surface area contributed by atoms with Gasteiger partial charge in [-0.25, -0.2) is 8.42 Å². The van der Waals surface area contributed by atoms with Gasteiger partial charge in [0, 0.05) is 18.0 Å². The summed E-state index contributed by atoms with van der Waals surface area (Å²) in [5.41, 5.74) is 1.12. The Kier molecular flexibility index (Phi) is 7.48. The third-order valence-corrected chi connectivity index (χ3v) is 5.66. The fourth-order valence-corrected chi connectivity index (χ4v) is 3.64. The predicted molar refractivity (Wildman–Crippen MR) is 102 cm³/mol. The first-order valence-electron chi connectivity index (χ1n) is 8.31. The number of hydrogen-bond acceptors (Lipinski definition) is 4. The highest BCUT2D eigenvalue weighted by molar-refractivity contribution is 7.91. The molecule has 0 unspecified atom stereocenters. The molecule has 0 atom stereocenters. The first kappa shape index (κ1) is 20.3. The van der Waals surface area contributed by atoms with E-state index in [4.69, 9.17) is 16.3 Å². The maximum atomic E-state index is 12.2. The average molecular weight is 396 g/mol. The third kappa shape index (κ3) is 6.69. The number of amides is 1. The molecule has 0 heterocycles. The summed E-state index contributed by atoms with van der Waals surface area (Å²) in [6.45, 7) is 2.91. The minimum Gasteiger partial charge on any atom is -0.494 e. The van der Waals surface area contributed by atoms with Crippen molar-refractivity contribution in [2.24, 2.45) is 0 Å². The molecule has 2 aromatic carbocycles. The van der Waals surface area contributed by atoms with E-state index in [2.05, 4.69) is 5.32 Å². The summed E-state index contributed by atoms with van der Waals surface area (Å²) in [5.74, 6) is 0.267. The number of carbonyl (C=O) groups excluding carboxylic acids is 1. The Bertz CT molecular complexity index is 835. The van der Waals surface area contributed by atoms with E-state index in [1.54, 1.807) is 0 Å². The second kappa shape index (κ2) is 9.59. The summed E-state index contributed by atoms with van der Waals surface area (Å²) in [4.78, 5) is 12.0. The van der Waals surface area contributed by atoms with E-state index in [9.17, 15) is 13.2 Å². The lowest BCUT2D eigenvalue weighted by Gasteiger charge is -2.08. The molecule has 7 heteroatoms. The Morgan fingerprint density at radius 1 is 1.15 bits per heavy atom. The molecule has 0 aliphatic heterocycles. The zero-order valence-corrected chi connectivity index (χ0v) is 16.1. The Labute approximate surface area is 159 Å². The van der Waals surface area contributed by atoms with Crippen molar-refractivity contribution in [3.8, 4) is 5.75 Å². The van der Waals surface area contributed by atoms with Crippen LogP contribution in [0.2, 0.25) is 5.02 Å². The summed E-state index contributed by atoms with van der Waals surface area (Å²) in [6.07, 6.45) is 0.563. The van der Waals surface area contributed by atoms with Crippen LogP contribution >= 0.6 is 11.6 Å². The predicted octanol–water partition coefficient (Wildman–Crippen LogP) is 3.40. The molecule has 0 aliphatic rings. The highest BCUT2D eigenvalue weighted by atomic mass is 35.5. The Morgan fingerprint density at radius 2 is 1.88 bits per heavy atom. The van der Waals surface area contributed by atoms with Crippen LogP contribution in [-0.4, -0.2) is 33.2 Å². The quantitative estimate of drug-likeness (QED) is 0.660. The van der Waals surface area contributed by atoms with Gasteiger partial charge in [0.25, 0.3) is 0 Å². The van der Waals surface area contributed by atoms with Crippen LogP contribution in [0.25, 0.3) is 0 Å². The van der Waals surface area contributed by atoms with E-state index in [1.807, 2.05) is 31.2 Å². The second-order valence-electron chi connectivity index (χ2n) is 5.89. The number of ether oxygens (including phenoxy) is 1. The normalized spacial score (nSPS) is 11.2. The lowest BCUT2D eigenvalue weighted by atomic mass is 10.2. The topological polar surface area (TPSA) is 72.5 Å². The molecule has 0 aliphatic carbocycles. The molecule has 26 heavy (non-hydrogen) atoms. The fourth-order valence-electron chi connectivity index (χ4n) is 2.27. The maximum Gasteiger partial charge on any atom is 0.221 e. The number of nitrogens with one attached hydrogen (secondary N) is 1. The van der Waals surface area contributed by atoms with Crippen molar-refractivity contribution in [1.82, 2.24) is 5.32 Å². The number of carbonyl (C=O) groups is 1. The Hall–Kier alpha value is -2.05. The highest BCUT2D eigenvalue weighted by Crippen LogP contribution is 2.16. The van der Waals surface area contributed by atoms with Crippen LogP contribution in [0.5, 0.6) is 5.75 Å². The molecule has 0 radical (unpaired) electrons. The molecule has 0 fully saturated rings. The SMILES string of the molecule is Cc1cccc(OCCCNC(=O)CCS(=O)(=O)c2ccc(Cl)cc2)c1. The molecule has 2 rings (SSSR count). The molecule has 1 N–H and O–H groups in total. The number of rotatable bonds is 9. The number of benzene rings is 2. The molecule has 0 aromatic heterocycles. The minimum atomic E-state index is -3.49. The molecule has 1 amide bonds. The summed E-state index contributed by atoms with van der Waals surface area (Å²) < 4.78 is 29.9. The molecule has 0 saturated heterocycles. The molecule has 2 aromatic rings. The Morgan fingerprint density at radius 3 is 2.58 bits per heavy atom. The standard InChI is InChI=1S/C19H22ClNO4S/c1-15-4-2-5-17(14-15)25-12-3-11-21-19(22)10-13-26(23,24)18-8-6-16(20)7-9-18/h2,4-9,14H,3,10-13H2,1H3,(H,21,22). The van der Waals surface area contributed by atoms with Gasteiger partial charge in [0.05, 0.1) is 17.3 Å². The van der Waals surface area contributed by atoms with Crippen LogP contribution < -0.4 is 10.1 Å². The van der Waals surface area contributed by atoms with E-state index in [-0.39, 0.29) is 23.0 Å². The second-order valence-corrected chi connectivity index (χ2v) is 8.44. The van der Waals surface area contributed by atoms with Gasteiger partial charge < -0.3 is 10.1 Å². The molecule has 0 saturated carbocycles. The number of halogens is 1. The molecule has 5 nitrogen and oxygen atoms in total. The fraction of sp³-hybridized carbons (Fsp3) is 0.316. The first-order chi connectivity index (χ1) is 12.4. The van der Waals surface area contributed by atoms with Crippen molar-refractivity contribution < 1.29 is 17.9 Å². The minimum absolute atomic E-state index is 0.0797. The molecule has 140 valence electrons. The van der Waals surface area contributed by atoms with Gasteiger partial charge >= 0.3 is 0 Å². The summed E-state index contributed by atoms with van der Waals surface area (Å²) in [6, 6.07) is 13.7. The van der Waals surface area contributed by atoms with Crippen molar-refractivity contribution in [3.63, 3.8) is 0 Å². The van der Waals surface area contributed by atoms with E-state index in [0.29, 0.717) is 24.6 Å². The van der Waals surface area contributed by atoms with Crippen LogP contribution in [0.4, 0.5) is 0 Å². The zero-order chi connectivity index (χ0) is 19.0. The molecular formula is C19H22ClNO4S. The van der Waals surface area contributed by atoms with Crippen molar-refractivity contribution in [1.29, 1.82) is 0 Å². The van der Waals surface area contributed by atoms with Gasteiger partial charge in [-0.15, -0.1) is 0 Å². The van der Waals surface area contributed by atoms with Gasteiger partial charge in [0.2, 0.25) is 5.91 Å². The number of hydrogen-bond donors (Lipinski definition) is 1. The lowest BCUT2D eigenvalue weighted by Crippen LogP contribution is -2.27. The first-order valence-corrected chi connectivity index (χ1v) is 10.3. The lowest BCUT2D eigenvalue weighted by molar-refractivity contribution is -0.120. The van der Waals surface area contributed by atoms with Crippen molar-refractivity contribution in [3.05, 3.63) is 59.1 Å². The molecule has 0 bridgehead atoms. The van der Waals surface area contributed by atoms with Crippen LogP contribution in [0.15, 0.2) is 53.4 Å². The van der Waals surface area contributed by atoms with Crippen LogP contribution in [-0.2, 0) is 14.6 Å². The van der Waals surface area contributed by atoms with E-state index in [0.717, 1.165) is 11.3 Å². The van der Waals surface area contributed by atoms with Crippen molar-refractivity contribution in [2.75, 3.05) is 18.9 Å². The van der Waals surface area contributed by atoms with Gasteiger partial charge in [0.15, 0.2) is 9.84 Å². The van der Waals surface area contributed by atoms with Gasteiger partial charge in [-0.1, -0.05) is 23.7 Å². The molecule has 0 spiro atoms. The summed E-state index contributed by atoms with van der Waals surface area (Å²) in [5, 5.41) is 3.18. The highest BCUT2D eigenvalue weighted by Gasteiger charge is 2.16. The van der Waals surface area contributed by atoms with Gasteiger partial charge in [0.1, 0.15) is 5.75 Å². The summed E-state index contributed by atoms with van der Waals surface area (Å²) in [7, 11) is -3.49. The molecular weight excluding hydrogens is 374 g/mol. The van der Waals surface area contributed by atoms with Gasteiger partial charge in [-0.3, -0.25) is 4.79 Å². The van der Waals surface area contributed by atoms with E-state index < -0.39 is 9.84 Å². The summed E-state index contributed by atoms with van der Waals surface area (Å²) >= 11 is 5.75. The van der Waals surface area contributed by atoms with Crippen LogP contribution in [0, 0.1) is 6.92 Å². The van der Waals surface area contributed by atoms with Crippen molar-refractivity contribution in [2.45, 2.75) is 24.7 Å². The largest absolute Gasteiger partial charge is 0.494 e. The van der Waals surface area contributed by atoms with Crippen LogP contribution in [0.1, 0.15) is 18.4 Å². The number of aryl methyl sites for hydroxylation is 1. The van der Waals surface area contributed by atoms with E-state index >= 15 is 0 Å². The average Bonchev–Trinajstić information content (AvgIpc) is 2.60. The third-order valence-electron chi connectivity index (χ3n) is 3.67. The van der Waals surface area contributed by atoms with Crippen LogP contribution in [0.3, 0.4) is 0 Å². The van der Waals surface area contributed by atoms with Gasteiger partial charge in [-0.2, -0.15) is 0 Å². The van der Waals surface area contributed by atoms with Crippen molar-refractivity contribution >= 4 is 27.3 Å². The smallest absolute Gasteiger partial charge is 0.221 e. The van der Waals surface area contributed by atoms with E-state index in [1.165, 1.54) is 24.3 Å². The Balaban J connectivity index is 1.66. The number of sulfone groups is 1. The maximum absolute atomic E-state index is 12.2. The monoisotopic (exact) mass is 395 g/mol.